The number of nitrogens with one attached hydrogen (secondary N) is 1. The van der Waals surface area contributed by atoms with Crippen LogP contribution >= 0.6 is 0 Å². The molecule has 0 spiro atoms. The Bertz CT molecular complexity index is 975. The van der Waals surface area contributed by atoms with E-state index in [0.29, 0.717) is 23.1 Å². The Morgan fingerprint density at radius 2 is 1.71 bits per heavy atom. The Kier molecular flexibility index (Phi) is 4.40. The Balaban J connectivity index is 1.92. The van der Waals surface area contributed by atoms with Crippen molar-refractivity contribution in [2.45, 2.75) is 12.3 Å². The van der Waals surface area contributed by atoms with E-state index in [0.717, 1.165) is 11.8 Å². The number of hydrogen-bond donors (Lipinski definition) is 1. The van der Waals surface area contributed by atoms with Crippen molar-refractivity contribution < 1.29 is 17.6 Å². The Morgan fingerprint density at radius 3 is 2.42 bits per heavy atom. The number of rotatable bonds is 5. The quantitative estimate of drug-likeness (QED) is 0.773. The van der Waals surface area contributed by atoms with Gasteiger partial charge < -0.3 is 9.73 Å². The largest absolute Gasteiger partial charge is 0.451 e. The number of carbonyl (C=O) groups excluding carboxylic acids is 1. The fourth-order valence-electron chi connectivity index (χ4n) is 2.55. The van der Waals surface area contributed by atoms with Crippen molar-refractivity contribution in [1.29, 1.82) is 0 Å². The molecular weight excluding hydrogens is 326 g/mol. The van der Waals surface area contributed by atoms with Crippen LogP contribution in [0.2, 0.25) is 0 Å². The highest BCUT2D eigenvalue weighted by molar-refractivity contribution is 7.89. The van der Waals surface area contributed by atoms with Gasteiger partial charge in [0.2, 0.25) is 0 Å². The second-order valence-corrected chi connectivity index (χ2v) is 7.78. The van der Waals surface area contributed by atoms with E-state index in [1.54, 1.807) is 24.3 Å². The van der Waals surface area contributed by atoms with Crippen LogP contribution in [0.15, 0.2) is 59.0 Å². The molecule has 1 aromatic heterocycles. The summed E-state index contributed by atoms with van der Waals surface area (Å²) in [5.74, 6) is -0.607. The fraction of sp³-hybridized carbons (Fsp3) is 0.167. The maximum Gasteiger partial charge on any atom is 0.287 e. The maximum absolute atomic E-state index is 12.5. The first kappa shape index (κ1) is 16.3. The van der Waals surface area contributed by atoms with Crippen LogP contribution in [0.3, 0.4) is 0 Å². The van der Waals surface area contributed by atoms with Crippen molar-refractivity contribution in [1.82, 2.24) is 5.32 Å². The molecule has 0 saturated carbocycles. The Morgan fingerprint density at radius 1 is 1.04 bits per heavy atom. The summed E-state index contributed by atoms with van der Waals surface area (Å²) in [5.41, 5.74) is 1.85. The molecule has 0 saturated heterocycles. The van der Waals surface area contributed by atoms with Crippen molar-refractivity contribution in [3.63, 3.8) is 0 Å². The van der Waals surface area contributed by atoms with E-state index in [1.165, 1.54) is 0 Å². The smallest absolute Gasteiger partial charge is 0.287 e. The van der Waals surface area contributed by atoms with Crippen molar-refractivity contribution in [2.75, 3.05) is 6.26 Å². The zero-order valence-corrected chi connectivity index (χ0v) is 14.0. The number of para-hydroxylation sites is 1. The molecule has 0 radical (unpaired) electrons. The first-order chi connectivity index (χ1) is 11.4. The number of amides is 1. The van der Waals surface area contributed by atoms with Gasteiger partial charge in [0.25, 0.3) is 5.91 Å². The number of sulfone groups is 1. The number of carbonyl (C=O) groups is 1. The SMILES string of the molecule is CS(=O)(=O)Cc1c(C(=O)NCc2ccccc2)oc2ccccc12. The molecule has 6 heteroatoms. The minimum Gasteiger partial charge on any atom is -0.451 e. The lowest BCUT2D eigenvalue weighted by atomic mass is 10.1. The highest BCUT2D eigenvalue weighted by Gasteiger charge is 2.23. The first-order valence-corrected chi connectivity index (χ1v) is 9.50. The van der Waals surface area contributed by atoms with Crippen LogP contribution in [0.4, 0.5) is 0 Å². The third-order valence-electron chi connectivity index (χ3n) is 3.61. The van der Waals surface area contributed by atoms with Crippen LogP contribution in [0, 0.1) is 0 Å². The average molecular weight is 343 g/mol. The van der Waals surface area contributed by atoms with Gasteiger partial charge in [-0.15, -0.1) is 0 Å². The van der Waals surface area contributed by atoms with Gasteiger partial charge in [-0.1, -0.05) is 48.5 Å². The van der Waals surface area contributed by atoms with Gasteiger partial charge >= 0.3 is 0 Å². The van der Waals surface area contributed by atoms with Crippen LogP contribution in [-0.4, -0.2) is 20.6 Å². The van der Waals surface area contributed by atoms with E-state index >= 15 is 0 Å². The molecule has 0 aliphatic rings. The summed E-state index contributed by atoms with van der Waals surface area (Å²) in [6.07, 6.45) is 1.14. The molecule has 1 N–H and O–H groups in total. The predicted molar refractivity (Wildman–Crippen MR) is 92.4 cm³/mol. The third-order valence-corrected chi connectivity index (χ3v) is 4.42. The van der Waals surface area contributed by atoms with Crippen LogP contribution < -0.4 is 5.32 Å². The number of benzene rings is 2. The molecular formula is C18H17NO4S. The second-order valence-electron chi connectivity index (χ2n) is 5.64. The van der Waals surface area contributed by atoms with Crippen molar-refractivity contribution in [3.05, 3.63) is 71.5 Å². The molecule has 24 heavy (non-hydrogen) atoms. The molecule has 2 aromatic carbocycles. The standard InChI is InChI=1S/C18H17NO4S/c1-24(21,22)12-15-14-9-5-6-10-16(14)23-17(15)18(20)19-11-13-7-3-2-4-8-13/h2-10H,11-12H2,1H3,(H,19,20). The highest BCUT2D eigenvalue weighted by Crippen LogP contribution is 2.27. The third kappa shape index (κ3) is 3.65. The minimum atomic E-state index is -3.30. The van der Waals surface area contributed by atoms with E-state index in [-0.39, 0.29) is 11.5 Å². The summed E-state index contributed by atoms with van der Waals surface area (Å²) >= 11 is 0. The van der Waals surface area contributed by atoms with Gasteiger partial charge in [-0.05, 0) is 11.6 Å². The van der Waals surface area contributed by atoms with Gasteiger partial charge in [-0.3, -0.25) is 4.79 Å². The minimum absolute atomic E-state index is 0.0533. The molecule has 1 amide bonds. The topological polar surface area (TPSA) is 76.4 Å². The van der Waals surface area contributed by atoms with Crippen LogP contribution in [-0.2, 0) is 22.1 Å². The monoisotopic (exact) mass is 343 g/mol. The fourth-order valence-corrected chi connectivity index (χ4v) is 3.36. The van der Waals surface area contributed by atoms with Gasteiger partial charge in [0.1, 0.15) is 5.58 Å². The lowest BCUT2D eigenvalue weighted by Gasteiger charge is -2.05. The molecule has 0 aliphatic heterocycles. The lowest BCUT2D eigenvalue weighted by molar-refractivity contribution is 0.0924. The lowest BCUT2D eigenvalue weighted by Crippen LogP contribution is -2.23. The molecule has 124 valence electrons. The molecule has 0 aliphatic carbocycles. The van der Waals surface area contributed by atoms with Crippen molar-refractivity contribution >= 4 is 26.7 Å². The maximum atomic E-state index is 12.5. The summed E-state index contributed by atoms with van der Waals surface area (Å²) in [5, 5.41) is 3.42. The van der Waals surface area contributed by atoms with Crippen LogP contribution in [0.1, 0.15) is 21.7 Å². The zero-order chi connectivity index (χ0) is 17.2. The average Bonchev–Trinajstić information content (AvgIpc) is 2.91. The molecule has 1 heterocycles. The highest BCUT2D eigenvalue weighted by atomic mass is 32.2. The number of furan rings is 1. The van der Waals surface area contributed by atoms with Gasteiger partial charge in [-0.25, -0.2) is 8.42 Å². The summed E-state index contributed by atoms with van der Waals surface area (Å²) in [7, 11) is -3.30. The van der Waals surface area contributed by atoms with Gasteiger partial charge in [0, 0.05) is 23.8 Å². The molecule has 0 atom stereocenters. The molecule has 0 bridgehead atoms. The predicted octanol–water partition coefficient (Wildman–Crippen LogP) is 2.91. The number of hydrogen-bond acceptors (Lipinski definition) is 4. The number of fused-ring (bicyclic) bond motifs is 1. The summed E-state index contributed by atoms with van der Waals surface area (Å²) in [4.78, 5) is 12.5. The van der Waals surface area contributed by atoms with Crippen LogP contribution in [0.25, 0.3) is 11.0 Å². The molecule has 0 fully saturated rings. The van der Waals surface area contributed by atoms with Crippen LogP contribution in [0.5, 0.6) is 0 Å². The van der Waals surface area contributed by atoms with Crippen molar-refractivity contribution in [3.8, 4) is 0 Å². The van der Waals surface area contributed by atoms with E-state index in [4.69, 9.17) is 4.42 Å². The zero-order valence-electron chi connectivity index (χ0n) is 13.2. The van der Waals surface area contributed by atoms with E-state index in [1.807, 2.05) is 30.3 Å². The summed E-state index contributed by atoms with van der Waals surface area (Å²) in [6.45, 7) is 0.342. The Hall–Kier alpha value is -2.60. The summed E-state index contributed by atoms with van der Waals surface area (Å²) in [6, 6.07) is 16.5. The second kappa shape index (κ2) is 6.49. The van der Waals surface area contributed by atoms with Gasteiger partial charge in [0.15, 0.2) is 15.6 Å². The molecule has 3 rings (SSSR count). The van der Waals surface area contributed by atoms with Gasteiger partial charge in [-0.2, -0.15) is 0 Å². The Labute approximate surface area is 140 Å². The van der Waals surface area contributed by atoms with E-state index in [2.05, 4.69) is 5.32 Å². The first-order valence-electron chi connectivity index (χ1n) is 7.44. The van der Waals surface area contributed by atoms with E-state index in [9.17, 15) is 13.2 Å². The molecule has 3 aromatic rings. The van der Waals surface area contributed by atoms with Gasteiger partial charge in [0.05, 0.1) is 5.75 Å². The molecule has 5 nitrogen and oxygen atoms in total. The summed E-state index contributed by atoms with van der Waals surface area (Å²) < 4.78 is 29.1. The normalized spacial score (nSPS) is 11.5. The molecule has 0 unspecified atom stereocenters. The van der Waals surface area contributed by atoms with E-state index < -0.39 is 15.7 Å². The van der Waals surface area contributed by atoms with Crippen molar-refractivity contribution in [2.24, 2.45) is 0 Å².